The van der Waals surface area contributed by atoms with Gasteiger partial charge in [-0.2, -0.15) is 0 Å². The maximum absolute atomic E-state index is 10.9. The number of hydrogen-bond acceptors (Lipinski definition) is 5. The van der Waals surface area contributed by atoms with E-state index < -0.39 is 10.8 Å². The standard InChI is InChI=1S/C12H18N4O3/c1-3-15(8-12(13)17)7-9-6-10(16(18)19)4-5-11(9)14-2/h4-6,14H,3,7-8H2,1-2H3,(H2,13,17). The molecule has 104 valence electrons. The summed E-state index contributed by atoms with van der Waals surface area (Å²) < 4.78 is 0. The smallest absolute Gasteiger partial charge is 0.269 e. The normalized spacial score (nSPS) is 10.5. The van der Waals surface area contributed by atoms with Crippen molar-refractivity contribution in [2.45, 2.75) is 13.5 Å². The minimum Gasteiger partial charge on any atom is -0.388 e. The highest BCUT2D eigenvalue weighted by atomic mass is 16.6. The Morgan fingerprint density at radius 3 is 2.68 bits per heavy atom. The summed E-state index contributed by atoms with van der Waals surface area (Å²) in [4.78, 5) is 23.1. The molecule has 7 heteroatoms. The fourth-order valence-corrected chi connectivity index (χ4v) is 1.81. The van der Waals surface area contributed by atoms with E-state index in [1.165, 1.54) is 12.1 Å². The zero-order chi connectivity index (χ0) is 14.4. The number of anilines is 1. The molecule has 3 N–H and O–H groups in total. The summed E-state index contributed by atoms with van der Waals surface area (Å²) in [5, 5.41) is 13.8. The minimum atomic E-state index is -0.437. The van der Waals surface area contributed by atoms with Crippen molar-refractivity contribution in [1.82, 2.24) is 4.90 Å². The summed E-state index contributed by atoms with van der Waals surface area (Å²) >= 11 is 0. The minimum absolute atomic E-state index is 0.0316. The van der Waals surface area contributed by atoms with Crippen LogP contribution in [0.5, 0.6) is 0 Å². The quantitative estimate of drug-likeness (QED) is 0.565. The average molecular weight is 266 g/mol. The van der Waals surface area contributed by atoms with E-state index in [1.54, 1.807) is 13.1 Å². The number of nitrogens with one attached hydrogen (secondary N) is 1. The van der Waals surface area contributed by atoms with Crippen molar-refractivity contribution < 1.29 is 9.72 Å². The molecule has 7 nitrogen and oxygen atoms in total. The van der Waals surface area contributed by atoms with Gasteiger partial charge in [-0.25, -0.2) is 0 Å². The monoisotopic (exact) mass is 266 g/mol. The lowest BCUT2D eigenvalue weighted by Crippen LogP contribution is -2.33. The van der Waals surface area contributed by atoms with Crippen molar-refractivity contribution in [1.29, 1.82) is 0 Å². The van der Waals surface area contributed by atoms with Crippen LogP contribution in [0.15, 0.2) is 18.2 Å². The van der Waals surface area contributed by atoms with Gasteiger partial charge in [0.15, 0.2) is 0 Å². The Morgan fingerprint density at radius 2 is 2.21 bits per heavy atom. The molecule has 0 saturated heterocycles. The number of carbonyl (C=O) groups is 1. The molecule has 0 aliphatic rings. The van der Waals surface area contributed by atoms with Gasteiger partial charge in [-0.1, -0.05) is 6.92 Å². The van der Waals surface area contributed by atoms with Crippen molar-refractivity contribution in [3.63, 3.8) is 0 Å². The Hall–Kier alpha value is -2.15. The first kappa shape index (κ1) is 14.9. The maximum Gasteiger partial charge on any atom is 0.269 e. The van der Waals surface area contributed by atoms with Crippen LogP contribution in [0.1, 0.15) is 12.5 Å². The highest BCUT2D eigenvalue weighted by molar-refractivity contribution is 5.76. The van der Waals surface area contributed by atoms with Crippen molar-refractivity contribution in [3.05, 3.63) is 33.9 Å². The van der Waals surface area contributed by atoms with Crippen LogP contribution in [-0.4, -0.2) is 35.9 Å². The molecule has 0 atom stereocenters. The molecule has 0 fully saturated rings. The van der Waals surface area contributed by atoms with Gasteiger partial charge >= 0.3 is 0 Å². The predicted octanol–water partition coefficient (Wildman–Crippen LogP) is 0.944. The predicted molar refractivity (Wildman–Crippen MR) is 72.8 cm³/mol. The molecule has 1 rings (SSSR count). The fraction of sp³-hybridized carbons (Fsp3) is 0.417. The van der Waals surface area contributed by atoms with Crippen molar-refractivity contribution in [3.8, 4) is 0 Å². The van der Waals surface area contributed by atoms with E-state index in [9.17, 15) is 14.9 Å². The lowest BCUT2D eigenvalue weighted by atomic mass is 10.1. The molecule has 19 heavy (non-hydrogen) atoms. The molecule has 0 radical (unpaired) electrons. The summed E-state index contributed by atoms with van der Waals surface area (Å²) in [7, 11) is 1.75. The van der Waals surface area contributed by atoms with Crippen molar-refractivity contribution >= 4 is 17.3 Å². The van der Waals surface area contributed by atoms with Crippen LogP contribution in [0, 0.1) is 10.1 Å². The first-order valence-electron chi connectivity index (χ1n) is 5.93. The number of amides is 1. The third kappa shape index (κ3) is 4.22. The fourth-order valence-electron chi connectivity index (χ4n) is 1.81. The maximum atomic E-state index is 10.9. The number of nitro groups is 1. The SMILES string of the molecule is CCN(CC(N)=O)Cc1cc([N+](=O)[O-])ccc1NC. The summed E-state index contributed by atoms with van der Waals surface area (Å²) in [6, 6.07) is 4.61. The number of hydrogen-bond donors (Lipinski definition) is 2. The second-order valence-electron chi connectivity index (χ2n) is 4.12. The second-order valence-corrected chi connectivity index (χ2v) is 4.12. The van der Waals surface area contributed by atoms with Gasteiger partial charge in [0.1, 0.15) is 0 Å². The Morgan fingerprint density at radius 1 is 1.53 bits per heavy atom. The third-order valence-electron chi connectivity index (χ3n) is 2.79. The van der Waals surface area contributed by atoms with Gasteiger partial charge in [0, 0.05) is 31.4 Å². The van der Waals surface area contributed by atoms with Crippen LogP contribution in [0.4, 0.5) is 11.4 Å². The Kier molecular flexibility index (Phi) is 5.25. The summed E-state index contributed by atoms with van der Waals surface area (Å²) in [6.45, 7) is 3.09. The number of benzene rings is 1. The summed E-state index contributed by atoms with van der Waals surface area (Å²) in [5.41, 5.74) is 6.76. The number of non-ortho nitro benzene ring substituents is 1. The number of rotatable bonds is 7. The lowest BCUT2D eigenvalue weighted by Gasteiger charge is -2.20. The zero-order valence-electron chi connectivity index (χ0n) is 11.0. The lowest BCUT2D eigenvalue weighted by molar-refractivity contribution is -0.384. The Bertz CT molecular complexity index is 476. The molecule has 1 aromatic rings. The largest absolute Gasteiger partial charge is 0.388 e. The van der Waals surface area contributed by atoms with Gasteiger partial charge in [0.2, 0.25) is 5.91 Å². The van der Waals surface area contributed by atoms with Crippen LogP contribution in [-0.2, 0) is 11.3 Å². The summed E-state index contributed by atoms with van der Waals surface area (Å²) in [6.07, 6.45) is 0. The highest BCUT2D eigenvalue weighted by Crippen LogP contribution is 2.23. The van der Waals surface area contributed by atoms with Crippen molar-refractivity contribution in [2.75, 3.05) is 25.5 Å². The van der Waals surface area contributed by atoms with Gasteiger partial charge in [-0.15, -0.1) is 0 Å². The van der Waals surface area contributed by atoms with Gasteiger partial charge in [0.25, 0.3) is 5.69 Å². The van der Waals surface area contributed by atoms with E-state index >= 15 is 0 Å². The molecule has 1 amide bonds. The summed E-state index contributed by atoms with van der Waals surface area (Å²) in [5.74, 6) is -0.418. The molecule has 0 saturated carbocycles. The number of nitro benzene ring substituents is 1. The van der Waals surface area contributed by atoms with E-state index in [4.69, 9.17) is 5.73 Å². The molecule has 0 spiro atoms. The van der Waals surface area contributed by atoms with E-state index in [1.807, 2.05) is 11.8 Å². The second kappa shape index (κ2) is 6.69. The van der Waals surface area contributed by atoms with Crippen LogP contribution >= 0.6 is 0 Å². The van der Waals surface area contributed by atoms with Crippen molar-refractivity contribution in [2.24, 2.45) is 5.73 Å². The first-order chi connectivity index (χ1) is 8.97. The highest BCUT2D eigenvalue weighted by Gasteiger charge is 2.13. The van der Waals surface area contributed by atoms with Gasteiger partial charge in [0.05, 0.1) is 11.5 Å². The molecule has 0 heterocycles. The first-order valence-corrected chi connectivity index (χ1v) is 5.93. The third-order valence-corrected chi connectivity index (χ3v) is 2.79. The molecule has 1 aromatic carbocycles. The van der Waals surface area contributed by atoms with E-state index in [-0.39, 0.29) is 12.2 Å². The molecule has 0 aliphatic heterocycles. The number of nitrogens with two attached hydrogens (primary N) is 1. The Balaban J connectivity index is 2.98. The molecular formula is C12H18N4O3. The molecule has 0 aromatic heterocycles. The number of primary amides is 1. The van der Waals surface area contributed by atoms with E-state index in [0.29, 0.717) is 13.1 Å². The number of carbonyl (C=O) groups excluding carboxylic acids is 1. The van der Waals surface area contributed by atoms with Crippen LogP contribution in [0.3, 0.4) is 0 Å². The molecule has 0 unspecified atom stereocenters. The van der Waals surface area contributed by atoms with Gasteiger partial charge in [-0.05, 0) is 18.2 Å². The van der Waals surface area contributed by atoms with Crippen LogP contribution in [0.2, 0.25) is 0 Å². The Labute approximate surface area is 111 Å². The molecule has 0 bridgehead atoms. The zero-order valence-corrected chi connectivity index (χ0v) is 11.0. The van der Waals surface area contributed by atoms with E-state index in [0.717, 1.165) is 11.3 Å². The number of nitrogens with zero attached hydrogens (tertiary/aromatic N) is 2. The average Bonchev–Trinajstić information content (AvgIpc) is 2.37. The van der Waals surface area contributed by atoms with E-state index in [2.05, 4.69) is 5.32 Å². The number of likely N-dealkylation sites (N-methyl/N-ethyl adjacent to an activating group) is 1. The van der Waals surface area contributed by atoms with Crippen LogP contribution < -0.4 is 11.1 Å². The molecular weight excluding hydrogens is 248 g/mol. The topological polar surface area (TPSA) is 102 Å². The van der Waals surface area contributed by atoms with Crippen LogP contribution in [0.25, 0.3) is 0 Å². The molecule has 0 aliphatic carbocycles. The van der Waals surface area contributed by atoms with Gasteiger partial charge < -0.3 is 11.1 Å². The van der Waals surface area contributed by atoms with Gasteiger partial charge in [-0.3, -0.25) is 19.8 Å².